The molecule has 0 bridgehead atoms. The average molecular weight is 140 g/mol. The maximum absolute atomic E-state index is 2.16. The molecule has 0 aliphatic rings. The molecule has 0 heterocycles. The molecule has 0 aliphatic heterocycles. The van der Waals surface area contributed by atoms with Gasteiger partial charge in [-0.2, -0.15) is 0 Å². The van der Waals surface area contributed by atoms with Gasteiger partial charge in [0.1, 0.15) is 0 Å². The Kier molecular flexibility index (Phi) is 7.11. The quantitative estimate of drug-likeness (QED) is 0.437. The smallest absolute Gasteiger partial charge is 0.00166 e. The lowest BCUT2D eigenvalue weighted by Gasteiger charge is -1.85. The van der Waals surface area contributed by atoms with Crippen molar-refractivity contribution in [3.8, 4) is 0 Å². The Hall–Kier alpha value is 1.05. The van der Waals surface area contributed by atoms with Crippen LogP contribution in [0.1, 0.15) is 6.92 Å². The summed E-state index contributed by atoms with van der Waals surface area (Å²) in [5, 5.41) is 0. The van der Waals surface area contributed by atoms with E-state index >= 15 is 0 Å². The lowest BCUT2D eigenvalue weighted by molar-refractivity contribution is 1.54. The minimum Gasteiger partial charge on any atom is -0.0860 e. The van der Waals surface area contributed by atoms with Crippen LogP contribution in [0.2, 0.25) is 0 Å². The van der Waals surface area contributed by atoms with Crippen LogP contribution in [-0.4, -0.2) is 12.0 Å². The third-order valence-corrected chi connectivity index (χ3v) is 4.20. The first-order chi connectivity index (χ1) is 2.91. The van der Waals surface area contributed by atoms with Crippen LogP contribution < -0.4 is 0 Å². The first-order valence-electron chi connectivity index (χ1n) is 1.74. The Morgan fingerprint density at radius 2 is 2.17 bits per heavy atom. The molecule has 0 nitrogen and oxygen atoms in total. The Labute approximate surface area is 50.6 Å². The molecule has 0 fully saturated rings. The summed E-state index contributed by atoms with van der Waals surface area (Å²) in [4.78, 5) is 0. The summed E-state index contributed by atoms with van der Waals surface area (Å²) in [5.41, 5.74) is 0. The van der Waals surface area contributed by atoms with Gasteiger partial charge in [-0.3, -0.25) is 0 Å². The van der Waals surface area contributed by atoms with E-state index in [9.17, 15) is 0 Å². The van der Waals surface area contributed by atoms with Gasteiger partial charge in [0.05, 0.1) is 0 Å². The molecule has 0 radical (unpaired) electrons. The highest BCUT2D eigenvalue weighted by Gasteiger charge is 1.76. The van der Waals surface area contributed by atoms with Gasteiger partial charge in [0.2, 0.25) is 0 Å². The topological polar surface area (TPSA) is 0 Å². The van der Waals surface area contributed by atoms with Crippen LogP contribution in [0.5, 0.6) is 0 Å². The van der Waals surface area contributed by atoms with Crippen LogP contribution in [0.15, 0.2) is 0 Å². The summed E-state index contributed by atoms with van der Waals surface area (Å²) >= 11 is 0. The first-order valence-corrected chi connectivity index (χ1v) is 5.80. The molecular weight excluding hydrogens is 132 g/mol. The van der Waals surface area contributed by atoms with Gasteiger partial charge in [0, 0.05) is 5.75 Å². The van der Waals surface area contributed by atoms with Gasteiger partial charge >= 0.3 is 0 Å². The summed E-state index contributed by atoms with van der Waals surface area (Å²) in [7, 11) is 5.54. The van der Waals surface area contributed by atoms with Crippen LogP contribution in [0.25, 0.3) is 0 Å². The van der Waals surface area contributed by atoms with Crippen molar-refractivity contribution < 1.29 is 0 Å². The monoisotopic (exact) mass is 140 g/mol. The molecule has 0 aromatic carbocycles. The van der Waals surface area contributed by atoms with Crippen LogP contribution in [0.3, 0.4) is 0 Å². The fourth-order valence-corrected chi connectivity index (χ4v) is 2.60. The predicted octanol–water partition coefficient (Wildman–Crippen LogP) is 2.67. The Morgan fingerprint density at radius 1 is 1.50 bits per heavy atom. The van der Waals surface area contributed by atoms with E-state index in [0.717, 1.165) is 0 Å². The van der Waals surface area contributed by atoms with E-state index in [-0.39, 0.29) is 0 Å². The van der Waals surface area contributed by atoms with Crippen molar-refractivity contribution in [1.29, 1.82) is 0 Å². The second-order valence-electron chi connectivity index (χ2n) is 0.641. The minimum atomic E-state index is 1.21. The fraction of sp³-hybridized carbons (Fsp3) is 1.00. The summed E-state index contributed by atoms with van der Waals surface area (Å²) in [6.45, 7) is 2.16. The van der Waals surface area contributed by atoms with Gasteiger partial charge in [0.15, 0.2) is 0 Å². The third kappa shape index (κ3) is 5.05. The maximum Gasteiger partial charge on any atom is 0.00166 e. The molecule has 0 saturated heterocycles. The van der Waals surface area contributed by atoms with Crippen molar-refractivity contribution in [1.82, 2.24) is 0 Å². The van der Waals surface area contributed by atoms with E-state index in [1.807, 2.05) is 20.6 Å². The highest BCUT2D eigenvalue weighted by atomic mass is 33.5. The lowest BCUT2D eigenvalue weighted by Crippen LogP contribution is -1.50. The normalized spacial score (nSPS) is 9.00. The van der Waals surface area contributed by atoms with Crippen LogP contribution in [0, 0.1) is 0 Å². The highest BCUT2D eigenvalue weighted by Crippen LogP contribution is 2.30. The van der Waals surface area contributed by atoms with Crippen LogP contribution in [0.4, 0.5) is 0 Å². The molecule has 0 amide bonds. The van der Waals surface area contributed by atoms with Gasteiger partial charge in [-0.15, -0.1) is 0 Å². The zero-order chi connectivity index (χ0) is 4.83. The molecule has 0 aromatic heterocycles. The van der Waals surface area contributed by atoms with E-state index in [4.69, 9.17) is 0 Å². The lowest BCUT2D eigenvalue weighted by atomic mass is 11.0. The fourth-order valence-electron chi connectivity index (χ4n) is 0.0962. The molecule has 0 N–H and O–H groups in total. The molecule has 0 saturated carbocycles. The Balaban J connectivity index is 2.34. The highest BCUT2D eigenvalue weighted by molar-refractivity contribution is 9.09. The van der Waals surface area contributed by atoms with Gasteiger partial charge in [-0.25, -0.2) is 0 Å². The molecule has 0 aliphatic carbocycles. The zero-order valence-corrected chi connectivity index (χ0v) is 6.38. The average Bonchev–Trinajstić information content (AvgIpc) is 1.61. The molecule has 0 rings (SSSR count). The van der Waals surface area contributed by atoms with Crippen LogP contribution in [-0.2, 0) is 0 Å². The molecular formula is C3H8S3. The van der Waals surface area contributed by atoms with Gasteiger partial charge in [-0.1, -0.05) is 28.5 Å². The summed E-state index contributed by atoms with van der Waals surface area (Å²) in [6, 6.07) is 0. The van der Waals surface area contributed by atoms with E-state index in [1.165, 1.54) is 5.75 Å². The van der Waals surface area contributed by atoms with Gasteiger partial charge < -0.3 is 0 Å². The van der Waals surface area contributed by atoms with Crippen molar-refractivity contribution in [2.75, 3.05) is 12.0 Å². The number of hydrogen-bond acceptors (Lipinski definition) is 3. The Bertz CT molecular complexity index is 18.0. The molecule has 0 atom stereocenters. The zero-order valence-electron chi connectivity index (χ0n) is 3.93. The van der Waals surface area contributed by atoms with Crippen molar-refractivity contribution in [2.24, 2.45) is 0 Å². The second kappa shape index (κ2) is 6.05. The molecule has 38 valence electrons. The summed E-state index contributed by atoms with van der Waals surface area (Å²) in [6.07, 6.45) is 2.09. The van der Waals surface area contributed by atoms with Crippen LogP contribution >= 0.6 is 31.4 Å². The third-order valence-electron chi connectivity index (χ3n) is 0.234. The van der Waals surface area contributed by atoms with Gasteiger partial charge in [-0.05, 0) is 16.1 Å². The molecule has 0 unspecified atom stereocenters. The number of rotatable bonds is 3. The first kappa shape index (κ1) is 7.05. The summed E-state index contributed by atoms with van der Waals surface area (Å²) in [5.74, 6) is 1.21. The Morgan fingerprint density at radius 3 is 2.33 bits per heavy atom. The molecule has 0 spiro atoms. The predicted molar refractivity (Wildman–Crippen MR) is 39.2 cm³/mol. The van der Waals surface area contributed by atoms with Crippen molar-refractivity contribution in [2.45, 2.75) is 6.92 Å². The van der Waals surface area contributed by atoms with Gasteiger partial charge in [0.25, 0.3) is 0 Å². The van der Waals surface area contributed by atoms with E-state index in [1.54, 1.807) is 10.8 Å². The maximum atomic E-state index is 2.16. The van der Waals surface area contributed by atoms with Crippen molar-refractivity contribution in [3.05, 3.63) is 0 Å². The van der Waals surface area contributed by atoms with E-state index in [2.05, 4.69) is 13.2 Å². The summed E-state index contributed by atoms with van der Waals surface area (Å²) < 4.78 is 0. The molecule has 0 aromatic rings. The minimum absolute atomic E-state index is 1.21. The van der Waals surface area contributed by atoms with Crippen molar-refractivity contribution >= 4 is 31.4 Å². The standard InChI is InChI=1S/C3H8S3/c1-3-5-6-4-2/h3H2,1-2H3. The van der Waals surface area contributed by atoms with Crippen molar-refractivity contribution in [3.63, 3.8) is 0 Å². The molecule has 3 heteroatoms. The SMILES string of the molecule is CCSSSC. The molecule has 6 heavy (non-hydrogen) atoms. The second-order valence-corrected chi connectivity index (χ2v) is 5.26. The van der Waals surface area contributed by atoms with E-state index < -0.39 is 0 Å². The largest absolute Gasteiger partial charge is 0.0860 e. The van der Waals surface area contributed by atoms with E-state index in [0.29, 0.717) is 0 Å². The number of hydrogen-bond donors (Lipinski definition) is 0.